The molecule has 0 spiro atoms. The molecule has 9 aromatic rings. The summed E-state index contributed by atoms with van der Waals surface area (Å²) in [6.07, 6.45) is 0. The third kappa shape index (κ3) is 29.5. The number of nitro benzene ring substituents is 2. The van der Waals surface area contributed by atoms with Crippen molar-refractivity contribution in [2.75, 3.05) is 185 Å². The van der Waals surface area contributed by atoms with Gasteiger partial charge < -0.3 is 81.0 Å². The number of para-hydroxylation sites is 7. The molecule has 0 aliphatic carbocycles. The van der Waals surface area contributed by atoms with Crippen LogP contribution < -0.4 is 177 Å². The molecule has 5 N–H and O–H groups in total. The van der Waals surface area contributed by atoms with Crippen molar-refractivity contribution < 1.29 is 166 Å². The van der Waals surface area contributed by atoms with E-state index in [2.05, 4.69) is 91.7 Å². The van der Waals surface area contributed by atoms with Crippen molar-refractivity contribution in [3.05, 3.63) is 250 Å². The van der Waals surface area contributed by atoms with E-state index in [4.69, 9.17) is 39.8 Å². The monoisotopic (exact) mass is 1570 g/mol. The van der Waals surface area contributed by atoms with E-state index in [1.165, 1.54) is 23.5 Å². The van der Waals surface area contributed by atoms with Crippen molar-refractivity contribution in [1.29, 1.82) is 0 Å². The third-order valence-corrected chi connectivity index (χ3v) is 18.7. The van der Waals surface area contributed by atoms with Gasteiger partial charge in [0.15, 0.2) is 0 Å². The molecule has 0 saturated carbocycles. The number of nitrogens with two attached hydrogens (primary N) is 1. The SMILES string of the molecule is C.C.CO.COc1ccc(N2CCN(c3ccccc3N)CC2)cc1.COc1ccc(N2CCN(c3ccccc3NS(=O)(=O)c3ccc(C)cc3)CC2)cc1.COc1ccc(N2CCN(c3ccccc3[N+](=O)[O-])CC2)cc1.COc1ccc(N2CCNCC2)cc1.O=CO[O-].O=[N+]([O-])c1ccccc1F.[H-].[K+].[K+]. The van der Waals surface area contributed by atoms with Crippen molar-refractivity contribution >= 4 is 79.1 Å². The van der Waals surface area contributed by atoms with E-state index in [1.807, 2.05) is 122 Å². The number of aryl methyl sites for hydroxylation is 1. The molecule has 4 saturated heterocycles. The Morgan fingerprint density at radius 2 is 0.761 bits per heavy atom. The molecule has 13 rings (SSSR count). The molecule has 30 heteroatoms. The van der Waals surface area contributed by atoms with Crippen molar-refractivity contribution in [2.24, 2.45) is 0 Å². The van der Waals surface area contributed by atoms with Crippen LogP contribution in [0, 0.1) is 33.0 Å². The van der Waals surface area contributed by atoms with Crippen molar-refractivity contribution in [1.82, 2.24) is 5.32 Å². The number of nitrogens with zero attached hydrogens (tertiary/aromatic N) is 9. The second kappa shape index (κ2) is 50.5. The standard InChI is InChI=1S/C24H27N3O3S.C17H19N3O3.C17H21N3O.C11H16N2O.C6H4FNO2.CH2O3.CH4O.2CH4.2K.H/c1-19-7-13-22(14-8-19)31(28,29)25-23-5-3-4-6-24(23)27-17-15-26(16-18-27)20-9-11-21(30-2)12-10-20;1-23-15-8-6-14(7-9-15)18-10-12-19(13-11-18)16-4-2-3-5-17(16)20(21)22;1-21-15-8-6-14(7-9-15)19-10-12-20(13-11-19)17-5-3-2-4-16(17)18;1-14-11-4-2-10(3-5-11)13-8-6-12-7-9-13;7-5-3-1-2-4-6(5)8(9)10;2-1-4-3;1-2;;;;;/h3-14,25H,15-18H2,1-2H3;2-9H,10-13H2,1H3;2-9H,10-13,18H2,1H3;2-5,12H,6-9H2,1H3;1-4H;1,3H;2H,1H3;2*1H4;;;/q;;;;;;;;;2*+1;-1/p-1. The minimum atomic E-state index is -3.65. The second-order valence-corrected chi connectivity index (χ2v) is 25.3. The number of aliphatic hydroxyl groups is 1. The van der Waals surface area contributed by atoms with Crippen LogP contribution in [0.5, 0.6) is 23.0 Å². The summed E-state index contributed by atoms with van der Waals surface area (Å²) in [5, 5.41) is 39.9. The maximum atomic E-state index is 12.9. The van der Waals surface area contributed by atoms with E-state index < -0.39 is 26.5 Å². The topological polar surface area (TPSA) is 300 Å². The molecule has 4 heterocycles. The van der Waals surface area contributed by atoms with Gasteiger partial charge in [0.25, 0.3) is 22.2 Å². The van der Waals surface area contributed by atoms with E-state index in [0.29, 0.717) is 11.4 Å². The van der Waals surface area contributed by atoms with E-state index in [1.54, 1.807) is 64.8 Å². The number of nitrogens with one attached hydrogen (secondary N) is 2. The van der Waals surface area contributed by atoms with Crippen LogP contribution in [0.3, 0.4) is 0 Å². The number of carbonyl (C=O) groups is 1. The van der Waals surface area contributed by atoms with E-state index in [0.717, 1.165) is 181 Å². The normalized spacial score (nSPS) is 13.3. The summed E-state index contributed by atoms with van der Waals surface area (Å²) >= 11 is 0. The zero-order valence-electron chi connectivity index (χ0n) is 62.8. The molecule has 0 unspecified atom stereocenters. The number of aliphatic hydroxyl groups excluding tert-OH is 1. The number of sulfonamides is 1. The van der Waals surface area contributed by atoms with Crippen LogP contribution >= 0.6 is 0 Å². The molecule has 109 heavy (non-hydrogen) atoms. The zero-order valence-corrected chi connectivity index (χ0v) is 68.9. The fourth-order valence-corrected chi connectivity index (χ4v) is 12.8. The van der Waals surface area contributed by atoms with E-state index >= 15 is 0 Å². The molecule has 0 amide bonds. The zero-order chi connectivity index (χ0) is 75.5. The molecule has 4 aliphatic heterocycles. The maximum Gasteiger partial charge on any atom is 1.00 e. The average molecular weight is 1570 g/mol. The van der Waals surface area contributed by atoms with Crippen molar-refractivity contribution in [3.63, 3.8) is 0 Å². The first-order valence-corrected chi connectivity index (χ1v) is 35.3. The first kappa shape index (κ1) is 94.9. The molecule has 9 aromatic carbocycles. The summed E-state index contributed by atoms with van der Waals surface area (Å²) in [6.45, 7) is 16.6. The van der Waals surface area contributed by atoms with Crippen LogP contribution in [0.2, 0.25) is 0 Å². The number of halogens is 1. The number of anilines is 9. The fourth-order valence-electron chi connectivity index (χ4n) is 11.7. The molecular weight excluding hydrogens is 1470 g/mol. The number of hydrogen-bond donors (Lipinski definition) is 4. The summed E-state index contributed by atoms with van der Waals surface area (Å²) < 4.78 is 61.7. The predicted octanol–water partition coefficient (Wildman–Crippen LogP) is 5.94. The van der Waals surface area contributed by atoms with Gasteiger partial charge in [-0.1, -0.05) is 81.1 Å². The number of nitrogen functional groups attached to an aromatic ring is 1. The molecule has 26 nitrogen and oxygen atoms in total. The summed E-state index contributed by atoms with van der Waals surface area (Å²) in [6, 6.07) is 67.0. The predicted molar refractivity (Wildman–Crippen MR) is 426 cm³/mol. The molecular formula is C79H101FK2N12O14S. The van der Waals surface area contributed by atoms with Gasteiger partial charge in [-0.2, -0.15) is 4.39 Å². The molecule has 4 fully saturated rings. The number of piperazine rings is 4. The summed E-state index contributed by atoms with van der Waals surface area (Å²) in [7, 11) is 4.05. The van der Waals surface area contributed by atoms with Crippen LogP contribution in [0.4, 0.5) is 67.0 Å². The van der Waals surface area contributed by atoms with Crippen molar-refractivity contribution in [2.45, 2.75) is 26.7 Å². The average Bonchev–Trinajstić information content (AvgIpc) is 0.815. The van der Waals surface area contributed by atoms with E-state index in [-0.39, 0.29) is 141 Å². The smallest absolute Gasteiger partial charge is 1.00 e. The van der Waals surface area contributed by atoms with Crippen molar-refractivity contribution in [3.8, 4) is 23.0 Å². The molecule has 0 bridgehead atoms. The Hall–Kier alpha value is -8.32. The first-order valence-electron chi connectivity index (χ1n) is 33.8. The van der Waals surface area contributed by atoms with Crippen LogP contribution in [0.25, 0.3) is 0 Å². The molecule has 4 aliphatic rings. The number of methoxy groups -OCH3 is 4. The third-order valence-electron chi connectivity index (χ3n) is 17.3. The fraction of sp³-hybridized carbons (Fsp3) is 0.304. The Morgan fingerprint density at radius 3 is 1.11 bits per heavy atom. The maximum absolute atomic E-state index is 12.9. The second-order valence-electron chi connectivity index (χ2n) is 23.6. The molecule has 576 valence electrons. The Morgan fingerprint density at radius 1 is 0.459 bits per heavy atom. The van der Waals surface area contributed by atoms with Gasteiger partial charge in [0, 0.05) is 147 Å². The van der Waals surface area contributed by atoms with Crippen LogP contribution in [-0.2, 0) is 19.7 Å². The van der Waals surface area contributed by atoms with E-state index in [9.17, 15) is 33.0 Å². The minimum absolute atomic E-state index is 0. The number of ether oxygens (including phenoxy) is 4. The Kier molecular flexibility index (Phi) is 43.9. The summed E-state index contributed by atoms with van der Waals surface area (Å²) in [5.74, 6) is 2.70. The minimum Gasteiger partial charge on any atom is -1.00 e. The Labute approximate surface area is 727 Å². The first-order chi connectivity index (χ1) is 50.9. The van der Waals surface area contributed by atoms with Gasteiger partial charge in [0.1, 0.15) is 28.7 Å². The van der Waals surface area contributed by atoms with Gasteiger partial charge in [0.05, 0.1) is 65.9 Å². The van der Waals surface area contributed by atoms with Crippen LogP contribution in [0.1, 0.15) is 21.8 Å². The van der Waals surface area contributed by atoms with Gasteiger partial charge in [-0.05, 0) is 153 Å². The van der Waals surface area contributed by atoms with Gasteiger partial charge in [-0.25, -0.2) is 8.42 Å². The van der Waals surface area contributed by atoms with Crippen LogP contribution in [0.15, 0.2) is 223 Å². The number of hydrogen-bond acceptors (Lipinski definition) is 23. The largest absolute Gasteiger partial charge is 1.00 e. The summed E-state index contributed by atoms with van der Waals surface area (Å²) in [5.41, 5.74) is 15.8. The number of carbonyl (C=O) groups excluding carboxylic acids is 1. The Balaban J connectivity index is 0.000000470. The van der Waals surface area contributed by atoms with Gasteiger partial charge >= 0.3 is 108 Å². The number of benzene rings is 9. The molecule has 0 atom stereocenters. The van der Waals surface area contributed by atoms with Gasteiger partial charge in [-0.15, -0.1) is 0 Å². The Bertz CT molecular complexity index is 4210. The number of rotatable bonds is 17. The quantitative estimate of drug-likeness (QED) is 0.0205. The molecule has 0 radical (unpaired) electrons. The number of nitro groups is 2. The van der Waals surface area contributed by atoms with Crippen LogP contribution in [-0.4, -0.2) is 170 Å². The van der Waals surface area contributed by atoms with Gasteiger partial charge in [0.2, 0.25) is 5.82 Å². The molecule has 0 aromatic heterocycles. The van der Waals surface area contributed by atoms with Gasteiger partial charge in [-0.3, -0.25) is 29.7 Å². The summed E-state index contributed by atoms with van der Waals surface area (Å²) in [4.78, 5) is 47.7.